The van der Waals surface area contributed by atoms with E-state index in [2.05, 4.69) is 12.2 Å². The fourth-order valence-corrected chi connectivity index (χ4v) is 3.28. The van der Waals surface area contributed by atoms with E-state index in [0.29, 0.717) is 17.8 Å². The Kier molecular flexibility index (Phi) is 3.76. The van der Waals surface area contributed by atoms with Crippen molar-refractivity contribution in [2.24, 2.45) is 0 Å². The Bertz CT molecular complexity index is 960. The Balaban J connectivity index is 1.76. The van der Waals surface area contributed by atoms with Crippen LogP contribution in [0, 0.1) is 0 Å². The van der Waals surface area contributed by atoms with Crippen molar-refractivity contribution in [3.8, 4) is 0 Å². The molecule has 1 aromatic heterocycles. The molecule has 1 aliphatic rings. The van der Waals surface area contributed by atoms with Gasteiger partial charge in [-0.15, -0.1) is 0 Å². The number of nitrogens with zero attached hydrogens (tertiary/aromatic N) is 1. The second-order valence-electron chi connectivity index (χ2n) is 6.10. The number of benzene rings is 2. The minimum Gasteiger partial charge on any atom is -0.459 e. The van der Waals surface area contributed by atoms with Crippen LogP contribution < -0.4 is 10.2 Å². The maximum Gasteiger partial charge on any atom is 0.291 e. The van der Waals surface area contributed by atoms with Crippen molar-refractivity contribution in [2.45, 2.75) is 19.8 Å². The van der Waals surface area contributed by atoms with Crippen LogP contribution in [0.4, 0.5) is 11.4 Å². The van der Waals surface area contributed by atoms with Crippen LogP contribution in [0.3, 0.4) is 0 Å². The lowest BCUT2D eigenvalue weighted by atomic mass is 10.0. The molecule has 0 unspecified atom stereocenters. The third-order valence-corrected chi connectivity index (χ3v) is 4.51. The first-order valence-electron chi connectivity index (χ1n) is 8.43. The zero-order valence-electron chi connectivity index (χ0n) is 13.9. The summed E-state index contributed by atoms with van der Waals surface area (Å²) in [6.07, 6.45) is 3.45. The summed E-state index contributed by atoms with van der Waals surface area (Å²) < 4.78 is 5.14. The topological polar surface area (TPSA) is 62.6 Å². The predicted molar refractivity (Wildman–Crippen MR) is 97.2 cm³/mol. The van der Waals surface area contributed by atoms with Gasteiger partial charge in [0.05, 0.1) is 12.0 Å². The first-order valence-corrected chi connectivity index (χ1v) is 8.43. The van der Waals surface area contributed by atoms with Gasteiger partial charge in [-0.05, 0) is 36.8 Å². The number of nitrogens with one attached hydrogen (secondary N) is 1. The highest BCUT2D eigenvalue weighted by Gasteiger charge is 2.30. The van der Waals surface area contributed by atoms with Crippen LogP contribution in [0.2, 0.25) is 0 Å². The molecule has 2 heterocycles. The first kappa shape index (κ1) is 15.4. The number of rotatable bonds is 5. The molecule has 4 rings (SSSR count). The van der Waals surface area contributed by atoms with Gasteiger partial charge in [0.1, 0.15) is 0 Å². The van der Waals surface area contributed by atoms with Crippen LogP contribution in [0.1, 0.15) is 40.7 Å². The Hall–Kier alpha value is -3.08. The average Bonchev–Trinajstić information content (AvgIpc) is 3.25. The van der Waals surface area contributed by atoms with E-state index in [1.165, 1.54) is 6.26 Å². The minimum absolute atomic E-state index is 0.0311. The molecule has 2 amide bonds. The number of hydrogen-bond donors (Lipinski definition) is 1. The van der Waals surface area contributed by atoms with Gasteiger partial charge >= 0.3 is 0 Å². The van der Waals surface area contributed by atoms with E-state index in [1.807, 2.05) is 35.2 Å². The highest BCUT2D eigenvalue weighted by atomic mass is 16.3. The molecular weight excluding hydrogens is 316 g/mol. The summed E-state index contributed by atoms with van der Waals surface area (Å²) in [5, 5.41) is 4.65. The molecule has 5 heteroatoms. The molecule has 25 heavy (non-hydrogen) atoms. The van der Waals surface area contributed by atoms with Crippen LogP contribution >= 0.6 is 0 Å². The van der Waals surface area contributed by atoms with Crippen LogP contribution in [-0.2, 0) is 0 Å². The van der Waals surface area contributed by atoms with E-state index in [1.54, 1.807) is 12.1 Å². The second-order valence-corrected chi connectivity index (χ2v) is 6.10. The van der Waals surface area contributed by atoms with Gasteiger partial charge in [-0.25, -0.2) is 0 Å². The van der Waals surface area contributed by atoms with E-state index in [9.17, 15) is 9.59 Å². The van der Waals surface area contributed by atoms with Crippen molar-refractivity contribution >= 4 is 34.0 Å². The van der Waals surface area contributed by atoms with Crippen molar-refractivity contribution in [1.29, 1.82) is 0 Å². The number of anilines is 2. The SMILES string of the molecule is CCCCN1C(=O)c2cccc3c(NC(=O)c4ccco4)ccc1c23. The Labute approximate surface area is 145 Å². The molecule has 0 spiro atoms. The monoisotopic (exact) mass is 334 g/mol. The van der Waals surface area contributed by atoms with Gasteiger partial charge < -0.3 is 14.6 Å². The first-order chi connectivity index (χ1) is 12.2. The van der Waals surface area contributed by atoms with Gasteiger partial charge in [-0.1, -0.05) is 25.5 Å². The van der Waals surface area contributed by atoms with E-state index >= 15 is 0 Å². The van der Waals surface area contributed by atoms with Gasteiger partial charge in [0.15, 0.2) is 5.76 Å². The van der Waals surface area contributed by atoms with Gasteiger partial charge in [-0.2, -0.15) is 0 Å². The fraction of sp³-hybridized carbons (Fsp3) is 0.200. The number of carbonyl (C=O) groups excluding carboxylic acids is 2. The summed E-state index contributed by atoms with van der Waals surface area (Å²) in [4.78, 5) is 26.9. The van der Waals surface area contributed by atoms with Crippen molar-refractivity contribution in [1.82, 2.24) is 0 Å². The summed E-state index contributed by atoms with van der Waals surface area (Å²) in [7, 11) is 0. The van der Waals surface area contributed by atoms with Crippen LogP contribution in [0.5, 0.6) is 0 Å². The molecule has 0 atom stereocenters. The van der Waals surface area contributed by atoms with Crippen LogP contribution in [-0.4, -0.2) is 18.4 Å². The lowest BCUT2D eigenvalue weighted by Crippen LogP contribution is -2.27. The molecule has 5 nitrogen and oxygen atoms in total. The molecule has 0 saturated heterocycles. The normalized spacial score (nSPS) is 12.8. The highest BCUT2D eigenvalue weighted by molar-refractivity contribution is 6.27. The predicted octanol–water partition coefficient (Wildman–Crippen LogP) is 4.45. The van der Waals surface area contributed by atoms with E-state index in [0.717, 1.165) is 29.3 Å². The Morgan fingerprint density at radius 2 is 2.04 bits per heavy atom. The molecule has 0 fully saturated rings. The molecule has 2 aromatic carbocycles. The molecule has 0 radical (unpaired) electrons. The molecule has 0 bridgehead atoms. The van der Waals surface area contributed by atoms with Crippen LogP contribution in [0.25, 0.3) is 10.8 Å². The third kappa shape index (κ3) is 2.48. The largest absolute Gasteiger partial charge is 0.459 e. The van der Waals surface area contributed by atoms with Gasteiger partial charge in [0, 0.05) is 28.6 Å². The minimum atomic E-state index is -0.308. The standard InChI is InChI=1S/C20H18N2O3/c1-2-3-11-22-16-10-9-15(21-19(23)17-8-5-12-25-17)13-6-4-7-14(18(13)16)20(22)24/h4-10,12H,2-3,11H2,1H3,(H,21,23). The van der Waals surface area contributed by atoms with Crippen molar-refractivity contribution in [3.63, 3.8) is 0 Å². The number of hydrogen-bond acceptors (Lipinski definition) is 3. The fourth-order valence-electron chi connectivity index (χ4n) is 3.28. The molecule has 126 valence electrons. The number of carbonyl (C=O) groups is 2. The van der Waals surface area contributed by atoms with Gasteiger partial charge in [0.25, 0.3) is 11.8 Å². The summed E-state index contributed by atoms with van der Waals surface area (Å²) in [6.45, 7) is 2.81. The quantitative estimate of drug-likeness (QED) is 0.750. The summed E-state index contributed by atoms with van der Waals surface area (Å²) in [5.74, 6) is -0.0228. The van der Waals surface area contributed by atoms with E-state index in [4.69, 9.17) is 4.42 Å². The van der Waals surface area contributed by atoms with Crippen molar-refractivity contribution < 1.29 is 14.0 Å². The lowest BCUT2D eigenvalue weighted by Gasteiger charge is -2.17. The number of unbranched alkanes of at least 4 members (excludes halogenated alkanes) is 1. The zero-order chi connectivity index (χ0) is 17.4. The highest BCUT2D eigenvalue weighted by Crippen LogP contribution is 2.40. The average molecular weight is 334 g/mol. The summed E-state index contributed by atoms with van der Waals surface area (Å²) in [5.41, 5.74) is 2.28. The lowest BCUT2D eigenvalue weighted by molar-refractivity contribution is 0.0987. The molecule has 0 saturated carbocycles. The van der Waals surface area contributed by atoms with Crippen molar-refractivity contribution in [2.75, 3.05) is 16.8 Å². The van der Waals surface area contributed by atoms with E-state index in [-0.39, 0.29) is 17.6 Å². The second kappa shape index (κ2) is 6.09. The molecular formula is C20H18N2O3. The van der Waals surface area contributed by atoms with Crippen LogP contribution in [0.15, 0.2) is 53.1 Å². The molecule has 1 N–H and O–H groups in total. The molecule has 3 aromatic rings. The third-order valence-electron chi connectivity index (χ3n) is 4.51. The van der Waals surface area contributed by atoms with Gasteiger partial charge in [0.2, 0.25) is 0 Å². The number of furan rings is 1. The van der Waals surface area contributed by atoms with Crippen molar-refractivity contribution in [3.05, 3.63) is 60.1 Å². The zero-order valence-corrected chi connectivity index (χ0v) is 13.9. The number of amides is 2. The maximum atomic E-state index is 12.7. The van der Waals surface area contributed by atoms with E-state index < -0.39 is 0 Å². The Morgan fingerprint density at radius 3 is 2.80 bits per heavy atom. The molecule has 0 aliphatic carbocycles. The summed E-state index contributed by atoms with van der Waals surface area (Å²) in [6, 6.07) is 12.7. The maximum absolute atomic E-state index is 12.7. The smallest absolute Gasteiger partial charge is 0.291 e. The summed E-state index contributed by atoms with van der Waals surface area (Å²) >= 11 is 0. The molecule has 1 aliphatic heterocycles. The Morgan fingerprint density at radius 1 is 1.16 bits per heavy atom. The van der Waals surface area contributed by atoms with Gasteiger partial charge in [-0.3, -0.25) is 9.59 Å².